The van der Waals surface area contributed by atoms with Gasteiger partial charge in [0, 0.05) is 25.6 Å². The average molecular weight is 504 g/mol. The molecule has 0 saturated heterocycles. The van der Waals surface area contributed by atoms with Gasteiger partial charge in [0.15, 0.2) is 6.10 Å². The minimum absolute atomic E-state index is 0.163. The quantitative estimate of drug-likeness (QED) is 0.305. The minimum atomic E-state index is -0.994. The fourth-order valence-corrected chi connectivity index (χ4v) is 4.04. The van der Waals surface area contributed by atoms with Gasteiger partial charge in [0.25, 0.3) is 0 Å². The number of benzene rings is 2. The molecule has 1 unspecified atom stereocenters. The molecule has 2 aromatic carbocycles. The molecule has 7 nitrogen and oxygen atoms in total. The van der Waals surface area contributed by atoms with Crippen LogP contribution in [0, 0.1) is 11.7 Å². The number of amides is 1. The van der Waals surface area contributed by atoms with Crippen molar-refractivity contribution in [3.8, 4) is 11.5 Å². The zero-order valence-corrected chi connectivity index (χ0v) is 21.5. The Morgan fingerprint density at radius 1 is 1.00 bits per heavy atom. The van der Waals surface area contributed by atoms with E-state index in [2.05, 4.69) is 13.8 Å². The van der Waals surface area contributed by atoms with Crippen molar-refractivity contribution >= 4 is 12.1 Å². The highest BCUT2D eigenvalue weighted by molar-refractivity contribution is 5.72. The van der Waals surface area contributed by atoms with Crippen LogP contribution < -0.4 is 9.47 Å². The molecule has 198 valence electrons. The van der Waals surface area contributed by atoms with E-state index in [4.69, 9.17) is 14.2 Å². The predicted octanol–water partition coefficient (Wildman–Crippen LogP) is 5.95. The van der Waals surface area contributed by atoms with E-state index in [0.29, 0.717) is 31.4 Å². The van der Waals surface area contributed by atoms with Crippen molar-refractivity contribution < 1.29 is 33.3 Å². The lowest BCUT2D eigenvalue weighted by atomic mass is 9.98. The summed E-state index contributed by atoms with van der Waals surface area (Å²) in [7, 11) is 0. The maximum atomic E-state index is 13.5. The van der Waals surface area contributed by atoms with E-state index in [1.54, 1.807) is 42.2 Å². The number of rotatable bonds is 16. The third-order valence-corrected chi connectivity index (χ3v) is 5.75. The standard InChI is InChI=1S/C28H38FNO6/c1-4-8-22(9-5-2)20-30(28(33)36-25-11-7-10-23(29)19-25)16-17-35-24-14-12-21(13-15-24)18-26(27(31)32)34-6-3/h7,10-15,19,22,26H,4-6,8-9,16-18,20H2,1-3H3,(H,31,32). The number of hydrogen-bond donors (Lipinski definition) is 1. The molecule has 2 rings (SSSR count). The maximum Gasteiger partial charge on any atom is 0.415 e. The highest BCUT2D eigenvalue weighted by Gasteiger charge is 2.21. The Morgan fingerprint density at radius 3 is 2.28 bits per heavy atom. The van der Waals surface area contributed by atoms with Gasteiger partial charge < -0.3 is 24.2 Å². The predicted molar refractivity (Wildman–Crippen MR) is 136 cm³/mol. The number of hydrogen-bond acceptors (Lipinski definition) is 5. The van der Waals surface area contributed by atoms with Gasteiger partial charge in [0.2, 0.25) is 0 Å². The van der Waals surface area contributed by atoms with Gasteiger partial charge in [-0.1, -0.05) is 44.9 Å². The molecular formula is C28H38FNO6. The van der Waals surface area contributed by atoms with Crippen LogP contribution in [0.1, 0.15) is 52.0 Å². The molecule has 36 heavy (non-hydrogen) atoms. The molecular weight excluding hydrogens is 465 g/mol. The summed E-state index contributed by atoms with van der Waals surface area (Å²) in [5.74, 6) is -0.349. The van der Waals surface area contributed by atoms with Crippen LogP contribution in [0.25, 0.3) is 0 Å². The second-order valence-electron chi connectivity index (χ2n) is 8.69. The molecule has 0 bridgehead atoms. The molecule has 1 amide bonds. The van der Waals surface area contributed by atoms with Gasteiger partial charge in [0.1, 0.15) is 23.9 Å². The van der Waals surface area contributed by atoms with Crippen molar-refractivity contribution in [2.24, 2.45) is 5.92 Å². The van der Waals surface area contributed by atoms with Gasteiger partial charge in [-0.3, -0.25) is 0 Å². The van der Waals surface area contributed by atoms with Gasteiger partial charge in [-0.25, -0.2) is 14.0 Å². The van der Waals surface area contributed by atoms with Crippen molar-refractivity contribution in [2.75, 3.05) is 26.3 Å². The summed E-state index contributed by atoms with van der Waals surface area (Å²) in [6.07, 6.45) is 2.88. The van der Waals surface area contributed by atoms with Gasteiger partial charge in [-0.05, 0) is 55.5 Å². The van der Waals surface area contributed by atoms with Crippen molar-refractivity contribution in [3.63, 3.8) is 0 Å². The summed E-state index contributed by atoms with van der Waals surface area (Å²) >= 11 is 0. The zero-order valence-electron chi connectivity index (χ0n) is 21.5. The molecule has 0 heterocycles. The first-order valence-electron chi connectivity index (χ1n) is 12.6. The second kappa shape index (κ2) is 15.8. The average Bonchev–Trinajstić information content (AvgIpc) is 2.84. The van der Waals surface area contributed by atoms with Crippen molar-refractivity contribution in [3.05, 3.63) is 59.9 Å². The fourth-order valence-electron chi connectivity index (χ4n) is 4.04. The van der Waals surface area contributed by atoms with Crippen molar-refractivity contribution in [1.29, 1.82) is 0 Å². The first-order chi connectivity index (χ1) is 17.4. The molecule has 0 aliphatic heterocycles. The lowest BCUT2D eigenvalue weighted by Gasteiger charge is -2.27. The Bertz CT molecular complexity index is 930. The topological polar surface area (TPSA) is 85.3 Å². The number of halogens is 1. The SMILES string of the molecule is CCCC(CCC)CN(CCOc1ccc(CC(OCC)C(=O)O)cc1)C(=O)Oc1cccc(F)c1. The number of carbonyl (C=O) groups is 2. The molecule has 8 heteroatoms. The van der Waals surface area contributed by atoms with Crippen molar-refractivity contribution in [2.45, 2.75) is 59.0 Å². The van der Waals surface area contributed by atoms with Crippen LogP contribution in [-0.2, 0) is 16.0 Å². The van der Waals surface area contributed by atoms with E-state index < -0.39 is 24.0 Å². The van der Waals surface area contributed by atoms with Crippen LogP contribution in [0.2, 0.25) is 0 Å². The number of aliphatic carboxylic acids is 1. The Balaban J connectivity index is 2.00. The Labute approximate surface area is 213 Å². The molecule has 2 aromatic rings. The summed E-state index contributed by atoms with van der Waals surface area (Å²) in [5.41, 5.74) is 0.825. The van der Waals surface area contributed by atoms with Crippen LogP contribution in [0.4, 0.5) is 9.18 Å². The summed E-state index contributed by atoms with van der Waals surface area (Å²) in [5, 5.41) is 9.26. The van der Waals surface area contributed by atoms with Gasteiger partial charge >= 0.3 is 12.1 Å². The van der Waals surface area contributed by atoms with E-state index in [1.807, 2.05) is 0 Å². The van der Waals surface area contributed by atoms with E-state index in [9.17, 15) is 19.1 Å². The van der Waals surface area contributed by atoms with Crippen molar-refractivity contribution in [1.82, 2.24) is 4.90 Å². The number of carboxylic acids is 1. The van der Waals surface area contributed by atoms with Crippen LogP contribution in [0.3, 0.4) is 0 Å². The molecule has 0 aliphatic rings. The Kier molecular flexibility index (Phi) is 12.8. The van der Waals surface area contributed by atoms with Gasteiger partial charge in [-0.2, -0.15) is 0 Å². The highest BCUT2D eigenvalue weighted by Crippen LogP contribution is 2.19. The summed E-state index contributed by atoms with van der Waals surface area (Å²) in [6, 6.07) is 12.7. The fraction of sp³-hybridized carbons (Fsp3) is 0.500. The number of ether oxygens (including phenoxy) is 3. The monoisotopic (exact) mass is 503 g/mol. The molecule has 0 aromatic heterocycles. The largest absolute Gasteiger partial charge is 0.492 e. The minimum Gasteiger partial charge on any atom is -0.492 e. The Morgan fingerprint density at radius 2 is 1.69 bits per heavy atom. The van der Waals surface area contributed by atoms with Gasteiger partial charge in [0.05, 0.1) is 6.54 Å². The third-order valence-electron chi connectivity index (χ3n) is 5.75. The summed E-state index contributed by atoms with van der Waals surface area (Å²) in [6.45, 7) is 7.43. The summed E-state index contributed by atoms with van der Waals surface area (Å²) < 4.78 is 30.1. The summed E-state index contributed by atoms with van der Waals surface area (Å²) in [4.78, 5) is 25.9. The first-order valence-corrected chi connectivity index (χ1v) is 12.6. The first kappa shape index (κ1) is 29.1. The molecule has 0 aliphatic carbocycles. The smallest absolute Gasteiger partial charge is 0.415 e. The molecule has 1 atom stereocenters. The van der Waals surface area contributed by atoms with Crippen LogP contribution in [0.5, 0.6) is 11.5 Å². The molecule has 1 N–H and O–H groups in total. The maximum absolute atomic E-state index is 13.5. The number of carboxylic acid groups (broad SMARTS) is 1. The second-order valence-corrected chi connectivity index (χ2v) is 8.69. The van der Waals surface area contributed by atoms with E-state index in [1.165, 1.54) is 18.2 Å². The van der Waals surface area contributed by atoms with Crippen LogP contribution in [-0.4, -0.2) is 54.5 Å². The van der Waals surface area contributed by atoms with E-state index >= 15 is 0 Å². The molecule has 0 saturated carbocycles. The van der Waals surface area contributed by atoms with Crippen LogP contribution >= 0.6 is 0 Å². The van der Waals surface area contributed by atoms with Gasteiger partial charge in [-0.15, -0.1) is 0 Å². The zero-order chi connectivity index (χ0) is 26.3. The molecule has 0 fully saturated rings. The normalized spacial score (nSPS) is 11.8. The highest BCUT2D eigenvalue weighted by atomic mass is 19.1. The van der Waals surface area contributed by atoms with Crippen LogP contribution in [0.15, 0.2) is 48.5 Å². The molecule has 0 spiro atoms. The Hall–Kier alpha value is -3.13. The lowest BCUT2D eigenvalue weighted by molar-refractivity contribution is -0.149. The van der Waals surface area contributed by atoms with E-state index in [-0.39, 0.29) is 18.8 Å². The lowest BCUT2D eigenvalue weighted by Crippen LogP contribution is -2.40. The number of nitrogens with zero attached hydrogens (tertiary/aromatic N) is 1. The number of carbonyl (C=O) groups excluding carboxylic acids is 1. The molecule has 0 radical (unpaired) electrons. The third kappa shape index (κ3) is 10.2. The van der Waals surface area contributed by atoms with E-state index in [0.717, 1.165) is 31.2 Å².